The first-order valence-electron chi connectivity index (χ1n) is 4.99. The fourth-order valence-corrected chi connectivity index (χ4v) is 1.79. The fourth-order valence-electron chi connectivity index (χ4n) is 1.79. The minimum Gasteiger partial charge on any atom is -0.482 e. The van der Waals surface area contributed by atoms with Gasteiger partial charge in [-0.3, -0.25) is 0 Å². The van der Waals surface area contributed by atoms with Crippen LogP contribution in [0.3, 0.4) is 0 Å². The van der Waals surface area contributed by atoms with E-state index in [1.54, 1.807) is 7.11 Å². The van der Waals surface area contributed by atoms with E-state index in [2.05, 4.69) is 29.3 Å². The number of ether oxygens (including phenoxy) is 1. The lowest BCUT2D eigenvalue weighted by molar-refractivity contribution is 0.379. The molecule has 2 rings (SSSR count). The van der Waals surface area contributed by atoms with Crippen LogP contribution in [-0.2, 0) is 6.54 Å². The normalized spacial score (nSPS) is 10.5. The maximum Gasteiger partial charge on any atom is 0.194 e. The number of rotatable bonds is 3. The van der Waals surface area contributed by atoms with Crippen LogP contribution in [0, 0.1) is 0 Å². The van der Waals surface area contributed by atoms with Crippen molar-refractivity contribution in [2.45, 2.75) is 13.5 Å². The molecule has 0 fully saturated rings. The number of para-hydroxylation sites is 1. The molecule has 15 heavy (non-hydrogen) atoms. The molecule has 0 aliphatic heterocycles. The van der Waals surface area contributed by atoms with E-state index in [0.29, 0.717) is 0 Å². The van der Waals surface area contributed by atoms with Crippen molar-refractivity contribution in [3.8, 4) is 5.88 Å². The molecule has 0 spiro atoms. The first-order chi connectivity index (χ1) is 7.22. The number of hydrogen-bond acceptors (Lipinski definition) is 1. The molecule has 0 unspecified atom stereocenters. The van der Waals surface area contributed by atoms with Crippen molar-refractivity contribution in [3.05, 3.63) is 42.5 Å². The summed E-state index contributed by atoms with van der Waals surface area (Å²) >= 11 is 0. The SMILES string of the molecule is C=C(C)Cn1c(OC)cc2ccccc21. The van der Waals surface area contributed by atoms with Gasteiger partial charge in [-0.2, -0.15) is 0 Å². The quantitative estimate of drug-likeness (QED) is 0.695. The van der Waals surface area contributed by atoms with Crippen LogP contribution in [0.25, 0.3) is 10.9 Å². The van der Waals surface area contributed by atoms with Crippen LogP contribution in [0.5, 0.6) is 5.88 Å². The third kappa shape index (κ3) is 1.75. The van der Waals surface area contributed by atoms with Gasteiger partial charge in [-0.25, -0.2) is 0 Å². The second kappa shape index (κ2) is 3.81. The highest BCUT2D eigenvalue weighted by Gasteiger charge is 2.07. The molecule has 1 aromatic carbocycles. The lowest BCUT2D eigenvalue weighted by Gasteiger charge is -2.08. The zero-order chi connectivity index (χ0) is 10.8. The van der Waals surface area contributed by atoms with E-state index < -0.39 is 0 Å². The number of methoxy groups -OCH3 is 1. The van der Waals surface area contributed by atoms with Crippen molar-refractivity contribution in [1.29, 1.82) is 0 Å². The Balaban J connectivity index is 2.61. The molecule has 0 saturated heterocycles. The molecule has 0 aliphatic rings. The third-order valence-electron chi connectivity index (χ3n) is 2.41. The first-order valence-corrected chi connectivity index (χ1v) is 4.99. The lowest BCUT2D eigenvalue weighted by atomic mass is 10.2. The molecular formula is C13H15NO. The van der Waals surface area contributed by atoms with E-state index in [4.69, 9.17) is 4.74 Å². The van der Waals surface area contributed by atoms with Crippen LogP contribution in [0.1, 0.15) is 6.92 Å². The molecule has 0 atom stereocenters. The predicted molar refractivity (Wildman–Crippen MR) is 63.3 cm³/mol. The third-order valence-corrected chi connectivity index (χ3v) is 2.41. The fraction of sp³-hybridized carbons (Fsp3) is 0.231. The molecule has 2 heteroatoms. The van der Waals surface area contributed by atoms with Crippen LogP contribution in [0.4, 0.5) is 0 Å². The molecule has 0 N–H and O–H groups in total. The summed E-state index contributed by atoms with van der Waals surface area (Å²) in [6.45, 7) is 6.76. The van der Waals surface area contributed by atoms with Gasteiger partial charge in [-0.1, -0.05) is 30.4 Å². The van der Waals surface area contributed by atoms with Crippen LogP contribution < -0.4 is 4.74 Å². The molecule has 1 aromatic heterocycles. The summed E-state index contributed by atoms with van der Waals surface area (Å²) in [5, 5.41) is 1.20. The maximum atomic E-state index is 5.35. The van der Waals surface area contributed by atoms with Gasteiger partial charge in [0.25, 0.3) is 0 Å². The molecule has 0 radical (unpaired) electrons. The van der Waals surface area contributed by atoms with Gasteiger partial charge in [-0.15, -0.1) is 0 Å². The molecule has 0 bridgehead atoms. The number of benzene rings is 1. The number of fused-ring (bicyclic) bond motifs is 1. The monoisotopic (exact) mass is 201 g/mol. The average Bonchev–Trinajstić information content (AvgIpc) is 2.56. The Morgan fingerprint density at radius 1 is 1.40 bits per heavy atom. The number of hydrogen-bond donors (Lipinski definition) is 0. The van der Waals surface area contributed by atoms with Gasteiger partial charge in [0.15, 0.2) is 5.88 Å². The Morgan fingerprint density at radius 3 is 2.80 bits per heavy atom. The lowest BCUT2D eigenvalue weighted by Crippen LogP contribution is -2.00. The number of nitrogens with zero attached hydrogens (tertiary/aromatic N) is 1. The minimum absolute atomic E-state index is 0.802. The highest BCUT2D eigenvalue weighted by Crippen LogP contribution is 2.25. The minimum atomic E-state index is 0.802. The van der Waals surface area contributed by atoms with E-state index in [9.17, 15) is 0 Å². The molecule has 1 heterocycles. The molecule has 0 saturated carbocycles. The van der Waals surface area contributed by atoms with Crippen LogP contribution in [0.2, 0.25) is 0 Å². The van der Waals surface area contributed by atoms with E-state index in [1.165, 1.54) is 10.9 Å². The molecule has 2 aromatic rings. The average molecular weight is 201 g/mol. The summed E-state index contributed by atoms with van der Waals surface area (Å²) in [4.78, 5) is 0. The van der Waals surface area contributed by atoms with Crippen LogP contribution in [-0.4, -0.2) is 11.7 Å². The molecule has 0 amide bonds. The Hall–Kier alpha value is -1.70. The van der Waals surface area contributed by atoms with Crippen molar-refractivity contribution >= 4 is 10.9 Å². The predicted octanol–water partition coefficient (Wildman–Crippen LogP) is 3.23. The van der Waals surface area contributed by atoms with Crippen LogP contribution >= 0.6 is 0 Å². The summed E-state index contributed by atoms with van der Waals surface area (Å²) in [5.74, 6) is 0.888. The van der Waals surface area contributed by atoms with Crippen molar-refractivity contribution in [3.63, 3.8) is 0 Å². The first kappa shape index (κ1) is 9.84. The van der Waals surface area contributed by atoms with Crippen LogP contribution in [0.15, 0.2) is 42.5 Å². The molecule has 78 valence electrons. The summed E-state index contributed by atoms with van der Waals surface area (Å²) in [5.41, 5.74) is 2.31. The van der Waals surface area contributed by atoms with Crippen molar-refractivity contribution in [1.82, 2.24) is 4.57 Å². The van der Waals surface area contributed by atoms with Crippen molar-refractivity contribution < 1.29 is 4.74 Å². The standard InChI is InChI=1S/C13H15NO/c1-10(2)9-14-12-7-5-4-6-11(12)8-13(14)15-3/h4-8H,1,9H2,2-3H3. The Bertz CT molecular complexity index is 496. The second-order valence-electron chi connectivity index (χ2n) is 3.79. The molecule has 2 nitrogen and oxygen atoms in total. The highest BCUT2D eigenvalue weighted by molar-refractivity contribution is 5.82. The Kier molecular flexibility index (Phi) is 2.50. The smallest absolute Gasteiger partial charge is 0.194 e. The Morgan fingerprint density at radius 2 is 2.13 bits per heavy atom. The molecule has 0 aliphatic carbocycles. The van der Waals surface area contributed by atoms with Crippen molar-refractivity contribution in [2.24, 2.45) is 0 Å². The largest absolute Gasteiger partial charge is 0.482 e. The van der Waals surface area contributed by atoms with Gasteiger partial charge in [0.1, 0.15) is 0 Å². The maximum absolute atomic E-state index is 5.35. The zero-order valence-electron chi connectivity index (χ0n) is 9.16. The van der Waals surface area contributed by atoms with Gasteiger partial charge in [0.2, 0.25) is 0 Å². The van der Waals surface area contributed by atoms with Gasteiger partial charge in [0, 0.05) is 18.0 Å². The number of allylic oxidation sites excluding steroid dienone is 1. The van der Waals surface area contributed by atoms with E-state index in [0.717, 1.165) is 18.0 Å². The summed E-state index contributed by atoms with van der Waals surface area (Å²) in [7, 11) is 1.70. The van der Waals surface area contributed by atoms with Gasteiger partial charge >= 0.3 is 0 Å². The summed E-state index contributed by atoms with van der Waals surface area (Å²) < 4.78 is 7.49. The van der Waals surface area contributed by atoms with E-state index in [1.807, 2.05) is 19.1 Å². The summed E-state index contributed by atoms with van der Waals surface area (Å²) in [6, 6.07) is 10.3. The van der Waals surface area contributed by atoms with E-state index >= 15 is 0 Å². The number of aromatic nitrogens is 1. The van der Waals surface area contributed by atoms with Crippen molar-refractivity contribution in [2.75, 3.05) is 7.11 Å². The molecular weight excluding hydrogens is 186 g/mol. The Labute approximate surface area is 89.8 Å². The summed E-state index contributed by atoms with van der Waals surface area (Å²) in [6.07, 6.45) is 0. The van der Waals surface area contributed by atoms with E-state index in [-0.39, 0.29) is 0 Å². The van der Waals surface area contributed by atoms with Gasteiger partial charge in [0.05, 0.1) is 12.6 Å². The second-order valence-corrected chi connectivity index (χ2v) is 3.79. The zero-order valence-corrected chi connectivity index (χ0v) is 9.16. The van der Waals surface area contributed by atoms with Gasteiger partial charge in [-0.05, 0) is 13.0 Å². The van der Waals surface area contributed by atoms with Gasteiger partial charge < -0.3 is 9.30 Å². The highest BCUT2D eigenvalue weighted by atomic mass is 16.5. The topological polar surface area (TPSA) is 14.2 Å².